The zero-order chi connectivity index (χ0) is 13.2. The van der Waals surface area contributed by atoms with Crippen molar-refractivity contribution in [3.63, 3.8) is 0 Å². The molecule has 1 aromatic carbocycles. The maximum Gasteiger partial charge on any atom is 0.0956 e. The van der Waals surface area contributed by atoms with E-state index < -0.39 is 0 Å². The van der Waals surface area contributed by atoms with Gasteiger partial charge in [-0.3, -0.25) is 4.90 Å². The van der Waals surface area contributed by atoms with Crippen molar-refractivity contribution in [3.05, 3.63) is 41.0 Å². The molecule has 2 aromatic rings. The summed E-state index contributed by atoms with van der Waals surface area (Å²) >= 11 is 1.82. The van der Waals surface area contributed by atoms with Crippen LogP contribution in [0, 0.1) is 0 Å². The summed E-state index contributed by atoms with van der Waals surface area (Å²) in [5, 5.41) is 1.23. The second-order valence-electron chi connectivity index (χ2n) is 5.55. The van der Waals surface area contributed by atoms with Crippen LogP contribution >= 0.6 is 11.3 Å². The molecule has 1 aliphatic heterocycles. The molecule has 1 aromatic heterocycles. The van der Waals surface area contributed by atoms with Gasteiger partial charge >= 0.3 is 0 Å². The first-order valence-corrected chi connectivity index (χ1v) is 7.81. The Kier molecular flexibility index (Phi) is 3.67. The van der Waals surface area contributed by atoms with Crippen LogP contribution in [-0.4, -0.2) is 23.0 Å². The summed E-state index contributed by atoms with van der Waals surface area (Å²) in [4.78, 5) is 8.30. The fraction of sp³-hybridized carbons (Fsp3) is 0.438. The lowest BCUT2D eigenvalue weighted by Gasteiger charge is -2.30. The summed E-state index contributed by atoms with van der Waals surface area (Å²) in [6.07, 6.45) is 3.37. The fourth-order valence-electron chi connectivity index (χ4n) is 2.31. The van der Waals surface area contributed by atoms with Gasteiger partial charge in [-0.2, -0.15) is 0 Å². The molecule has 1 fully saturated rings. The van der Waals surface area contributed by atoms with Crippen LogP contribution in [0.25, 0.3) is 10.4 Å². The molecular weight excluding hydrogens is 252 g/mol. The highest BCUT2D eigenvalue weighted by Gasteiger charge is 2.14. The summed E-state index contributed by atoms with van der Waals surface area (Å²) in [6, 6.07) is 8.90. The largest absolute Gasteiger partial charge is 0.299 e. The molecule has 1 saturated heterocycles. The molecule has 2 heterocycles. The highest BCUT2D eigenvalue weighted by Crippen LogP contribution is 2.30. The van der Waals surface area contributed by atoms with Crippen LogP contribution in [0.15, 0.2) is 30.5 Å². The summed E-state index contributed by atoms with van der Waals surface area (Å²) in [7, 11) is 0. The zero-order valence-electron chi connectivity index (χ0n) is 11.6. The van der Waals surface area contributed by atoms with E-state index in [0.29, 0.717) is 5.92 Å². The van der Waals surface area contributed by atoms with E-state index in [1.54, 1.807) is 0 Å². The predicted octanol–water partition coefficient (Wildman–Crippen LogP) is 4.14. The molecule has 3 heteroatoms. The number of thiazole rings is 1. The van der Waals surface area contributed by atoms with E-state index in [-0.39, 0.29) is 0 Å². The van der Waals surface area contributed by atoms with Crippen LogP contribution in [0.1, 0.15) is 36.8 Å². The highest BCUT2D eigenvalue weighted by atomic mass is 32.1. The number of benzene rings is 1. The molecular formula is C16H20N2S. The summed E-state index contributed by atoms with van der Waals surface area (Å²) in [5.74, 6) is 0.517. The average molecular weight is 272 g/mol. The minimum Gasteiger partial charge on any atom is -0.299 e. The lowest BCUT2D eigenvalue weighted by Crippen LogP contribution is -2.36. The van der Waals surface area contributed by atoms with Gasteiger partial charge in [-0.25, -0.2) is 4.98 Å². The van der Waals surface area contributed by atoms with E-state index >= 15 is 0 Å². The molecule has 2 nitrogen and oxygen atoms in total. The van der Waals surface area contributed by atoms with Crippen LogP contribution < -0.4 is 0 Å². The summed E-state index contributed by atoms with van der Waals surface area (Å²) < 4.78 is 0. The second kappa shape index (κ2) is 5.43. The number of nitrogens with zero attached hydrogens (tertiary/aromatic N) is 2. The number of likely N-dealkylation sites (tertiary alicyclic amines) is 1. The van der Waals surface area contributed by atoms with E-state index in [2.05, 4.69) is 48.0 Å². The monoisotopic (exact) mass is 272 g/mol. The van der Waals surface area contributed by atoms with Crippen molar-refractivity contribution in [2.45, 2.75) is 32.7 Å². The Labute approximate surface area is 119 Å². The average Bonchev–Trinajstić information content (AvgIpc) is 2.84. The van der Waals surface area contributed by atoms with Gasteiger partial charge in [0.25, 0.3) is 0 Å². The Morgan fingerprint density at radius 3 is 2.79 bits per heavy atom. The molecule has 1 aliphatic rings. The van der Waals surface area contributed by atoms with Crippen molar-refractivity contribution in [1.29, 1.82) is 0 Å². The van der Waals surface area contributed by atoms with Crippen LogP contribution in [0.2, 0.25) is 0 Å². The smallest absolute Gasteiger partial charge is 0.0956 e. The molecule has 0 saturated carbocycles. The minimum absolute atomic E-state index is 0.517. The van der Waals surface area contributed by atoms with Gasteiger partial charge in [-0.15, -0.1) is 11.3 Å². The van der Waals surface area contributed by atoms with Crippen molar-refractivity contribution >= 4 is 11.3 Å². The van der Waals surface area contributed by atoms with E-state index in [4.69, 9.17) is 0 Å². The second-order valence-corrected chi connectivity index (χ2v) is 6.61. The van der Waals surface area contributed by atoms with Crippen LogP contribution in [-0.2, 0) is 6.54 Å². The quantitative estimate of drug-likeness (QED) is 0.831. The normalized spacial score (nSPS) is 15.7. The van der Waals surface area contributed by atoms with Crippen molar-refractivity contribution in [1.82, 2.24) is 9.88 Å². The van der Waals surface area contributed by atoms with Gasteiger partial charge in [0.1, 0.15) is 0 Å². The third-order valence-electron chi connectivity index (χ3n) is 3.58. The fourth-order valence-corrected chi connectivity index (χ4v) is 3.23. The first-order valence-electron chi connectivity index (χ1n) is 7.00. The van der Waals surface area contributed by atoms with Crippen molar-refractivity contribution < 1.29 is 0 Å². The molecule has 0 N–H and O–H groups in total. The lowest BCUT2D eigenvalue weighted by atomic mass is 10.1. The SMILES string of the molecule is CC(C)c1ncc(-c2cccc(CN3CCC3)c2)s1. The van der Waals surface area contributed by atoms with Gasteiger partial charge in [0.15, 0.2) is 0 Å². The maximum absolute atomic E-state index is 4.52. The first kappa shape index (κ1) is 12.8. The third-order valence-corrected chi connectivity index (χ3v) is 4.93. The van der Waals surface area contributed by atoms with Gasteiger partial charge in [0.2, 0.25) is 0 Å². The Morgan fingerprint density at radius 2 is 2.16 bits per heavy atom. The first-order chi connectivity index (χ1) is 9.22. The van der Waals surface area contributed by atoms with Gasteiger partial charge in [-0.05, 0) is 36.7 Å². The Balaban J connectivity index is 1.80. The molecule has 100 valence electrons. The Bertz CT molecular complexity index is 555. The van der Waals surface area contributed by atoms with E-state index in [9.17, 15) is 0 Å². The highest BCUT2D eigenvalue weighted by molar-refractivity contribution is 7.15. The minimum atomic E-state index is 0.517. The number of aromatic nitrogens is 1. The van der Waals surface area contributed by atoms with E-state index in [1.165, 1.54) is 40.5 Å². The summed E-state index contributed by atoms with van der Waals surface area (Å²) in [5.41, 5.74) is 2.72. The van der Waals surface area contributed by atoms with Gasteiger partial charge in [0.05, 0.1) is 9.88 Å². The molecule has 0 unspecified atom stereocenters. The predicted molar refractivity (Wildman–Crippen MR) is 81.5 cm³/mol. The molecule has 0 bridgehead atoms. The molecule has 0 aliphatic carbocycles. The van der Waals surface area contributed by atoms with Gasteiger partial charge < -0.3 is 0 Å². The number of hydrogen-bond donors (Lipinski definition) is 0. The standard InChI is InChI=1S/C16H20N2S/c1-12(2)16-17-10-15(19-16)14-6-3-5-13(9-14)11-18-7-4-8-18/h3,5-6,9-10,12H,4,7-8,11H2,1-2H3. The molecule has 0 amide bonds. The van der Waals surface area contributed by atoms with Crippen LogP contribution in [0.5, 0.6) is 0 Å². The molecule has 0 atom stereocenters. The van der Waals surface area contributed by atoms with Crippen molar-refractivity contribution in [2.75, 3.05) is 13.1 Å². The van der Waals surface area contributed by atoms with Gasteiger partial charge in [0, 0.05) is 18.7 Å². The molecule has 0 spiro atoms. The number of hydrogen-bond acceptors (Lipinski definition) is 3. The van der Waals surface area contributed by atoms with Crippen molar-refractivity contribution in [3.8, 4) is 10.4 Å². The van der Waals surface area contributed by atoms with Crippen LogP contribution in [0.3, 0.4) is 0 Å². The van der Waals surface area contributed by atoms with Gasteiger partial charge in [-0.1, -0.05) is 32.0 Å². The maximum atomic E-state index is 4.52. The molecule has 0 radical (unpaired) electrons. The van der Waals surface area contributed by atoms with E-state index in [1.807, 2.05) is 17.5 Å². The molecule has 19 heavy (non-hydrogen) atoms. The van der Waals surface area contributed by atoms with Crippen molar-refractivity contribution in [2.24, 2.45) is 0 Å². The zero-order valence-corrected chi connectivity index (χ0v) is 12.4. The Morgan fingerprint density at radius 1 is 1.32 bits per heavy atom. The Hall–Kier alpha value is -1.19. The van der Waals surface area contributed by atoms with E-state index in [0.717, 1.165) is 6.54 Å². The summed E-state index contributed by atoms with van der Waals surface area (Å²) in [6.45, 7) is 7.99. The number of rotatable bonds is 4. The lowest BCUT2D eigenvalue weighted by molar-refractivity contribution is 0.172. The molecule has 3 rings (SSSR count). The van der Waals surface area contributed by atoms with Crippen LogP contribution in [0.4, 0.5) is 0 Å². The third kappa shape index (κ3) is 2.88. The topological polar surface area (TPSA) is 16.1 Å².